The zero-order valence-electron chi connectivity index (χ0n) is 19.5. The summed E-state index contributed by atoms with van der Waals surface area (Å²) in [4.78, 5) is 12.9. The molecule has 0 aromatic heterocycles. The highest BCUT2D eigenvalue weighted by atomic mass is 28.3. The summed E-state index contributed by atoms with van der Waals surface area (Å²) in [5.74, 6) is 0.965. The average Bonchev–Trinajstić information content (AvgIpc) is 2.73. The maximum Gasteiger partial charge on any atom is 0.295 e. The van der Waals surface area contributed by atoms with Gasteiger partial charge in [0.2, 0.25) is 9.76 Å². The van der Waals surface area contributed by atoms with Gasteiger partial charge in [-0.3, -0.25) is 4.79 Å². The van der Waals surface area contributed by atoms with Crippen molar-refractivity contribution in [1.82, 2.24) is 0 Å². The highest BCUT2D eigenvalue weighted by Crippen LogP contribution is 2.44. The van der Waals surface area contributed by atoms with Gasteiger partial charge in [-0.05, 0) is 62.6 Å². The van der Waals surface area contributed by atoms with Gasteiger partial charge in [0.15, 0.2) is 0 Å². The number of unbranched alkanes of at least 4 members (excludes halogenated alkanes) is 2. The Balaban J connectivity index is 1.87. The van der Waals surface area contributed by atoms with E-state index in [-0.39, 0.29) is 18.0 Å². The first-order valence-electron chi connectivity index (χ1n) is 12.5. The molecule has 167 valence electrons. The number of rotatable bonds is 12. The largest absolute Gasteiger partial charge is 0.517 e. The molecule has 2 rings (SSSR count). The monoisotopic (exact) mass is 437 g/mol. The SMILES string of the molecule is CCCCCC1CCC([Si](OC(=O)C(C)C[Si]OC(C)C)C2CCCCC2)CC1. The van der Waals surface area contributed by atoms with Crippen LogP contribution in [-0.2, 0) is 13.6 Å². The Bertz CT molecular complexity index is 443. The molecule has 0 aromatic rings. The fourth-order valence-corrected chi connectivity index (χ4v) is 9.10. The van der Waals surface area contributed by atoms with Crippen LogP contribution in [0.25, 0.3) is 0 Å². The van der Waals surface area contributed by atoms with E-state index in [0.717, 1.165) is 12.0 Å². The van der Waals surface area contributed by atoms with Crippen molar-refractivity contribution in [1.29, 1.82) is 0 Å². The van der Waals surface area contributed by atoms with Crippen LogP contribution in [0.5, 0.6) is 0 Å². The summed E-state index contributed by atoms with van der Waals surface area (Å²) in [5.41, 5.74) is 1.39. The van der Waals surface area contributed by atoms with Crippen LogP contribution in [-0.4, -0.2) is 30.9 Å². The predicted octanol–water partition coefficient (Wildman–Crippen LogP) is 7.09. The van der Waals surface area contributed by atoms with Crippen LogP contribution in [0.15, 0.2) is 0 Å². The molecule has 0 N–H and O–H groups in total. The van der Waals surface area contributed by atoms with Crippen LogP contribution >= 0.6 is 0 Å². The second-order valence-electron chi connectivity index (χ2n) is 9.79. The third-order valence-electron chi connectivity index (χ3n) is 6.80. The van der Waals surface area contributed by atoms with Crippen molar-refractivity contribution in [2.45, 2.75) is 134 Å². The van der Waals surface area contributed by atoms with E-state index >= 15 is 0 Å². The van der Waals surface area contributed by atoms with E-state index in [0.29, 0.717) is 20.8 Å². The van der Waals surface area contributed by atoms with E-state index < -0.39 is 9.04 Å². The van der Waals surface area contributed by atoms with Gasteiger partial charge in [0, 0.05) is 6.10 Å². The molecule has 2 aliphatic rings. The van der Waals surface area contributed by atoms with Gasteiger partial charge < -0.3 is 8.85 Å². The summed E-state index contributed by atoms with van der Waals surface area (Å²) >= 11 is 0. The minimum Gasteiger partial charge on any atom is -0.517 e. The van der Waals surface area contributed by atoms with Crippen molar-refractivity contribution in [2.24, 2.45) is 11.8 Å². The van der Waals surface area contributed by atoms with Gasteiger partial charge in [-0.15, -0.1) is 0 Å². The molecule has 0 bridgehead atoms. The molecule has 3 radical (unpaired) electrons. The molecule has 2 saturated carbocycles. The summed E-state index contributed by atoms with van der Waals surface area (Å²) in [6, 6.07) is 0.807. The molecule has 0 aliphatic heterocycles. The topological polar surface area (TPSA) is 35.5 Å². The summed E-state index contributed by atoms with van der Waals surface area (Å²) in [7, 11) is -0.664. The van der Waals surface area contributed by atoms with Crippen molar-refractivity contribution >= 4 is 24.8 Å². The standard InChI is InChI=1S/C24H45O3Si2/c1-5-6-8-11-21-14-16-23(17-15-21)29(22-12-9-7-10-13-22)27-24(25)20(4)18-28-26-19(2)3/h19-23H,5-18H2,1-4H3. The molecule has 29 heavy (non-hydrogen) atoms. The molecule has 1 atom stereocenters. The highest BCUT2D eigenvalue weighted by Gasteiger charge is 2.39. The molecule has 0 heterocycles. The normalized spacial score (nSPS) is 24.8. The van der Waals surface area contributed by atoms with Crippen LogP contribution in [0.2, 0.25) is 17.1 Å². The third-order valence-corrected chi connectivity index (χ3v) is 11.4. The average molecular weight is 438 g/mol. The first kappa shape index (κ1) is 25.1. The van der Waals surface area contributed by atoms with E-state index in [1.54, 1.807) is 0 Å². The van der Waals surface area contributed by atoms with Crippen molar-refractivity contribution in [3.63, 3.8) is 0 Å². The number of hydrogen-bond donors (Lipinski definition) is 0. The van der Waals surface area contributed by atoms with Gasteiger partial charge in [-0.1, -0.05) is 71.6 Å². The lowest BCUT2D eigenvalue weighted by atomic mass is 9.85. The Labute approximate surface area is 184 Å². The molecule has 0 saturated heterocycles. The van der Waals surface area contributed by atoms with Crippen molar-refractivity contribution < 1.29 is 13.6 Å². The molecule has 2 aliphatic carbocycles. The van der Waals surface area contributed by atoms with Crippen LogP contribution in [0.4, 0.5) is 0 Å². The second-order valence-corrected chi connectivity index (χ2v) is 13.4. The van der Waals surface area contributed by atoms with Gasteiger partial charge in [0.25, 0.3) is 15.0 Å². The van der Waals surface area contributed by atoms with E-state index in [1.165, 1.54) is 83.5 Å². The molecule has 0 aromatic carbocycles. The van der Waals surface area contributed by atoms with Crippen LogP contribution in [0, 0.1) is 11.8 Å². The lowest BCUT2D eigenvalue weighted by Gasteiger charge is -2.37. The van der Waals surface area contributed by atoms with Gasteiger partial charge in [0.1, 0.15) is 0 Å². The van der Waals surface area contributed by atoms with Crippen LogP contribution in [0.3, 0.4) is 0 Å². The first-order chi connectivity index (χ1) is 14.0. The third kappa shape index (κ3) is 9.26. The highest BCUT2D eigenvalue weighted by molar-refractivity contribution is 6.57. The van der Waals surface area contributed by atoms with Crippen molar-refractivity contribution in [3.05, 3.63) is 0 Å². The first-order valence-corrected chi connectivity index (χ1v) is 15.2. The number of hydrogen-bond acceptors (Lipinski definition) is 3. The Morgan fingerprint density at radius 3 is 2.24 bits per heavy atom. The Morgan fingerprint density at radius 1 is 0.966 bits per heavy atom. The van der Waals surface area contributed by atoms with E-state index in [2.05, 4.69) is 20.8 Å². The Hall–Kier alpha value is -0.136. The minimum atomic E-state index is -1.07. The lowest BCUT2D eigenvalue weighted by Crippen LogP contribution is -2.37. The van der Waals surface area contributed by atoms with Crippen LogP contribution < -0.4 is 0 Å². The smallest absolute Gasteiger partial charge is 0.295 e. The maximum atomic E-state index is 12.9. The Kier molecular flexibility index (Phi) is 12.2. The summed E-state index contributed by atoms with van der Waals surface area (Å²) < 4.78 is 12.1. The minimum absolute atomic E-state index is 0.0268. The molecule has 1 unspecified atom stereocenters. The van der Waals surface area contributed by atoms with Gasteiger partial charge in [-0.2, -0.15) is 0 Å². The zero-order valence-corrected chi connectivity index (χ0v) is 21.5. The lowest BCUT2D eigenvalue weighted by molar-refractivity contribution is -0.138. The van der Waals surface area contributed by atoms with E-state index in [1.807, 2.05) is 6.92 Å². The van der Waals surface area contributed by atoms with Crippen LogP contribution in [0.1, 0.15) is 111 Å². The molecule has 5 heteroatoms. The summed E-state index contributed by atoms with van der Waals surface area (Å²) in [5, 5.41) is 0. The molecule has 0 spiro atoms. The van der Waals surface area contributed by atoms with Crippen molar-refractivity contribution in [3.8, 4) is 0 Å². The quantitative estimate of drug-likeness (QED) is 0.241. The second kappa shape index (κ2) is 14.0. The molecule has 3 nitrogen and oxygen atoms in total. The zero-order chi connectivity index (χ0) is 21.1. The maximum absolute atomic E-state index is 12.9. The predicted molar refractivity (Wildman–Crippen MR) is 124 cm³/mol. The fraction of sp³-hybridized carbons (Fsp3) is 0.958. The fourth-order valence-electron chi connectivity index (χ4n) is 4.95. The van der Waals surface area contributed by atoms with E-state index in [4.69, 9.17) is 8.85 Å². The van der Waals surface area contributed by atoms with E-state index in [9.17, 15) is 4.79 Å². The Morgan fingerprint density at radius 2 is 1.62 bits per heavy atom. The molecule has 2 fully saturated rings. The molecule has 0 amide bonds. The summed E-state index contributed by atoms with van der Waals surface area (Å²) in [6.45, 7) is 8.43. The number of carbonyl (C=O) groups excluding carboxylic acids is 1. The molecular formula is C24H45O3Si2. The summed E-state index contributed by atoms with van der Waals surface area (Å²) in [6.07, 6.45) is 17.7. The van der Waals surface area contributed by atoms with Gasteiger partial charge in [0.05, 0.1) is 5.92 Å². The molecular weight excluding hydrogens is 392 g/mol. The van der Waals surface area contributed by atoms with Gasteiger partial charge >= 0.3 is 0 Å². The van der Waals surface area contributed by atoms with Gasteiger partial charge in [-0.25, -0.2) is 0 Å². The number of carbonyl (C=O) groups is 1. The van der Waals surface area contributed by atoms with Crippen molar-refractivity contribution in [2.75, 3.05) is 0 Å².